The molecule has 2 N–H and O–H groups in total. The van der Waals surface area contributed by atoms with E-state index in [0.717, 1.165) is 48.5 Å². The van der Waals surface area contributed by atoms with Crippen molar-refractivity contribution in [2.45, 2.75) is 25.0 Å². The van der Waals surface area contributed by atoms with Gasteiger partial charge in [-0.05, 0) is 54.1 Å². The van der Waals surface area contributed by atoms with Crippen molar-refractivity contribution in [1.29, 1.82) is 0 Å². The number of halogens is 3. The summed E-state index contributed by atoms with van der Waals surface area (Å²) < 4.78 is 21.9. The third kappa shape index (κ3) is 7.29. The van der Waals surface area contributed by atoms with Crippen LogP contribution < -0.4 is 9.64 Å². The Kier molecular flexibility index (Phi) is 10.1. The van der Waals surface area contributed by atoms with E-state index in [4.69, 9.17) is 37.4 Å². The van der Waals surface area contributed by atoms with Crippen LogP contribution >= 0.6 is 39.1 Å². The molecule has 0 amide bonds. The third-order valence-corrected chi connectivity index (χ3v) is 8.56. The van der Waals surface area contributed by atoms with Crippen molar-refractivity contribution < 1.29 is 19.7 Å². The number of ether oxygens (including phenoxy) is 3. The van der Waals surface area contributed by atoms with Gasteiger partial charge in [-0.3, -0.25) is 4.90 Å². The van der Waals surface area contributed by atoms with Gasteiger partial charge in [0.15, 0.2) is 0 Å². The second-order valence-electron chi connectivity index (χ2n) is 10.4. The van der Waals surface area contributed by atoms with Crippen LogP contribution in [0.5, 0.6) is 5.75 Å². The fourth-order valence-corrected chi connectivity index (χ4v) is 6.15. The number of hydrogen-bond acceptors (Lipinski definition) is 6. The summed E-state index contributed by atoms with van der Waals surface area (Å²) in [6.45, 7) is 6.16. The number of imidazole rings is 1. The molecule has 0 aliphatic carbocycles. The minimum absolute atomic E-state index is 0. The van der Waals surface area contributed by atoms with Crippen LogP contribution in [0.25, 0.3) is 0 Å². The van der Waals surface area contributed by atoms with Crippen LogP contribution in [-0.2, 0) is 28.4 Å². The first-order chi connectivity index (χ1) is 20.0. The van der Waals surface area contributed by atoms with Gasteiger partial charge in [-0.25, -0.2) is 4.98 Å². The van der Waals surface area contributed by atoms with Gasteiger partial charge >= 0.3 is 0 Å². The molecule has 222 valence electrons. The number of hydrogen-bond donors (Lipinski definition) is 0. The molecule has 42 heavy (non-hydrogen) atoms. The normalized spacial score (nSPS) is 20.8. The Bertz CT molecular complexity index is 1430. The van der Waals surface area contributed by atoms with E-state index in [1.54, 1.807) is 24.7 Å². The number of rotatable bonds is 9. The van der Waals surface area contributed by atoms with E-state index in [-0.39, 0.29) is 11.6 Å². The number of aromatic nitrogens is 2. The molecule has 0 saturated carbocycles. The summed E-state index contributed by atoms with van der Waals surface area (Å²) >= 11 is 16.2. The van der Waals surface area contributed by atoms with Crippen molar-refractivity contribution in [3.8, 4) is 5.75 Å². The predicted octanol–water partition coefficient (Wildman–Crippen LogP) is 5.80. The van der Waals surface area contributed by atoms with Gasteiger partial charge < -0.3 is 29.2 Å². The van der Waals surface area contributed by atoms with Crippen molar-refractivity contribution in [2.75, 3.05) is 44.3 Å². The SMILES string of the molecule is Clc1ccc(C2(Cn3ccnc3)OCC(COc3ccc(N4CCN(Cc5ccc(Br)cc5)CC4)cc3)O2)c(Cl)c1.O. The van der Waals surface area contributed by atoms with Crippen molar-refractivity contribution in [3.05, 3.63) is 111 Å². The molecule has 2 saturated heterocycles. The Balaban J connectivity index is 0.00000353. The second kappa shape index (κ2) is 13.8. The van der Waals surface area contributed by atoms with Crippen molar-refractivity contribution in [2.24, 2.45) is 0 Å². The molecule has 4 aromatic rings. The van der Waals surface area contributed by atoms with Gasteiger partial charge in [0.05, 0.1) is 24.5 Å². The van der Waals surface area contributed by atoms with Crippen molar-refractivity contribution in [3.63, 3.8) is 0 Å². The lowest BCUT2D eigenvalue weighted by atomic mass is 10.1. The molecule has 2 fully saturated rings. The first kappa shape index (κ1) is 30.8. The summed E-state index contributed by atoms with van der Waals surface area (Å²) in [4.78, 5) is 9.08. The molecule has 0 radical (unpaired) electrons. The molecular formula is C31H33BrCl2N4O4. The number of nitrogens with zero attached hydrogens (tertiary/aromatic N) is 4. The highest BCUT2D eigenvalue weighted by molar-refractivity contribution is 9.10. The van der Waals surface area contributed by atoms with Gasteiger partial charge in [-0.15, -0.1) is 0 Å². The molecule has 2 unspecified atom stereocenters. The molecule has 2 aliphatic rings. The van der Waals surface area contributed by atoms with E-state index >= 15 is 0 Å². The molecule has 0 spiro atoms. The maximum atomic E-state index is 6.58. The van der Waals surface area contributed by atoms with Gasteiger partial charge in [0, 0.05) is 65.9 Å². The summed E-state index contributed by atoms with van der Waals surface area (Å²) in [5.41, 5.74) is 3.27. The van der Waals surface area contributed by atoms with E-state index in [9.17, 15) is 0 Å². The van der Waals surface area contributed by atoms with Crippen LogP contribution in [0.15, 0.2) is 89.9 Å². The van der Waals surface area contributed by atoms with Crippen molar-refractivity contribution >= 4 is 44.8 Å². The standard InChI is InChI=1S/C31H31BrCl2N4O3.H2O/c32-24-3-1-23(2-4-24)18-36-13-15-38(16-14-36)26-6-8-27(9-7-26)39-19-28-20-40-31(41-28,21-37-12-11-35-22-37)29-10-5-25(33)17-30(29)34;/h1-12,17,22,28H,13-16,18-21H2;1H2. The van der Waals surface area contributed by atoms with E-state index in [1.165, 1.54) is 11.3 Å². The summed E-state index contributed by atoms with van der Waals surface area (Å²) in [5.74, 6) is -0.275. The van der Waals surface area contributed by atoms with Gasteiger partial charge in [-0.1, -0.05) is 57.3 Å². The topological polar surface area (TPSA) is 83.5 Å². The zero-order chi connectivity index (χ0) is 28.2. The highest BCUT2D eigenvalue weighted by Crippen LogP contribution is 2.40. The highest BCUT2D eigenvalue weighted by Gasteiger charge is 2.45. The minimum atomic E-state index is -1.07. The smallest absolute Gasteiger partial charge is 0.215 e. The van der Waals surface area contributed by atoms with Gasteiger partial charge in [0.1, 0.15) is 18.5 Å². The average Bonchev–Trinajstić information content (AvgIpc) is 3.64. The maximum Gasteiger partial charge on any atom is 0.215 e. The Morgan fingerprint density at radius 3 is 2.43 bits per heavy atom. The summed E-state index contributed by atoms with van der Waals surface area (Å²) in [5, 5.41) is 1.05. The van der Waals surface area contributed by atoms with E-state index in [1.807, 2.05) is 29.0 Å². The number of anilines is 1. The fourth-order valence-electron chi connectivity index (χ4n) is 5.33. The second-order valence-corrected chi connectivity index (χ2v) is 12.1. The predicted molar refractivity (Wildman–Crippen MR) is 168 cm³/mol. The summed E-state index contributed by atoms with van der Waals surface area (Å²) in [6, 6.07) is 22.2. The molecule has 2 atom stereocenters. The molecule has 3 aromatic carbocycles. The lowest BCUT2D eigenvalue weighted by Gasteiger charge is -2.36. The quantitative estimate of drug-likeness (QED) is 0.223. The largest absolute Gasteiger partial charge is 0.491 e. The van der Waals surface area contributed by atoms with E-state index in [0.29, 0.717) is 29.8 Å². The molecule has 2 aliphatic heterocycles. The Morgan fingerprint density at radius 1 is 0.976 bits per heavy atom. The first-order valence-corrected chi connectivity index (χ1v) is 15.2. The van der Waals surface area contributed by atoms with Crippen LogP contribution in [0.2, 0.25) is 10.0 Å². The van der Waals surface area contributed by atoms with Crippen molar-refractivity contribution in [1.82, 2.24) is 14.5 Å². The van der Waals surface area contributed by atoms with Crippen LogP contribution in [0.4, 0.5) is 5.69 Å². The van der Waals surface area contributed by atoms with Crippen LogP contribution in [0.3, 0.4) is 0 Å². The van der Waals surface area contributed by atoms with Gasteiger partial charge in [0.2, 0.25) is 5.79 Å². The van der Waals surface area contributed by atoms with Crippen LogP contribution in [0, 0.1) is 0 Å². The third-order valence-electron chi connectivity index (χ3n) is 7.48. The molecule has 0 bridgehead atoms. The number of benzene rings is 3. The zero-order valence-corrected chi connectivity index (χ0v) is 26.1. The molecule has 8 nitrogen and oxygen atoms in total. The van der Waals surface area contributed by atoms with E-state index < -0.39 is 5.79 Å². The molecule has 3 heterocycles. The average molecular weight is 676 g/mol. The summed E-state index contributed by atoms with van der Waals surface area (Å²) in [7, 11) is 0. The molecule has 11 heteroatoms. The fraction of sp³-hybridized carbons (Fsp3) is 0.323. The lowest BCUT2D eigenvalue weighted by molar-refractivity contribution is -0.189. The molecule has 6 rings (SSSR count). The Hall–Kier alpha value is -2.63. The Labute approximate surface area is 264 Å². The van der Waals surface area contributed by atoms with Crippen LogP contribution in [0.1, 0.15) is 11.1 Å². The maximum absolute atomic E-state index is 6.58. The molecule has 1 aromatic heterocycles. The Morgan fingerprint density at radius 2 is 1.74 bits per heavy atom. The van der Waals surface area contributed by atoms with Crippen LogP contribution in [-0.4, -0.2) is 65.4 Å². The monoisotopic (exact) mass is 674 g/mol. The van der Waals surface area contributed by atoms with Gasteiger partial charge in [-0.2, -0.15) is 0 Å². The van der Waals surface area contributed by atoms with E-state index in [2.05, 4.69) is 67.1 Å². The number of piperazine rings is 1. The summed E-state index contributed by atoms with van der Waals surface area (Å²) in [6.07, 6.45) is 5.04. The first-order valence-electron chi connectivity index (χ1n) is 13.6. The zero-order valence-electron chi connectivity index (χ0n) is 23.0. The molecular weight excluding hydrogens is 643 g/mol. The lowest BCUT2D eigenvalue weighted by Crippen LogP contribution is -2.45. The highest BCUT2D eigenvalue weighted by atomic mass is 79.9. The minimum Gasteiger partial charge on any atom is -0.491 e. The van der Waals surface area contributed by atoms with Gasteiger partial charge in [0.25, 0.3) is 0 Å².